The Kier molecular flexibility index (Phi) is 4.56. The summed E-state index contributed by atoms with van der Waals surface area (Å²) in [6.07, 6.45) is 4.21. The van der Waals surface area contributed by atoms with E-state index in [1.807, 2.05) is 30.5 Å². The molecule has 1 aromatic heterocycles. The van der Waals surface area contributed by atoms with Crippen LogP contribution in [0.25, 0.3) is 0 Å². The van der Waals surface area contributed by atoms with Crippen molar-refractivity contribution < 1.29 is 14.3 Å². The summed E-state index contributed by atoms with van der Waals surface area (Å²) >= 11 is 0. The van der Waals surface area contributed by atoms with Gasteiger partial charge in [-0.1, -0.05) is 6.07 Å². The number of rotatable bonds is 5. The van der Waals surface area contributed by atoms with Crippen LogP contribution < -0.4 is 20.1 Å². The number of carbonyl (C=O) groups excluding carboxylic acids is 1. The fraction of sp³-hybridized carbons (Fsp3) is 0.444. The molecule has 2 aromatic rings. The quantitative estimate of drug-likeness (QED) is 0.859. The van der Waals surface area contributed by atoms with Gasteiger partial charge >= 0.3 is 0 Å². The summed E-state index contributed by atoms with van der Waals surface area (Å²) in [6, 6.07) is 7.70. The zero-order chi connectivity index (χ0) is 17.1. The SMILES string of the molecule is O=C(Cn1ccc(C2CCCNC2)n1)NCc1ccc2c(c1)OCO2. The maximum Gasteiger partial charge on any atom is 0.241 e. The van der Waals surface area contributed by atoms with E-state index in [2.05, 4.69) is 15.7 Å². The number of piperidine rings is 1. The molecule has 4 rings (SSSR count). The highest BCUT2D eigenvalue weighted by Crippen LogP contribution is 2.32. The second-order valence-electron chi connectivity index (χ2n) is 6.45. The number of aromatic nitrogens is 2. The molecule has 1 atom stereocenters. The van der Waals surface area contributed by atoms with Crippen LogP contribution in [0.5, 0.6) is 11.5 Å². The Morgan fingerprint density at radius 3 is 3.12 bits per heavy atom. The lowest BCUT2D eigenvalue weighted by Crippen LogP contribution is -2.29. The molecule has 0 bridgehead atoms. The minimum Gasteiger partial charge on any atom is -0.454 e. The summed E-state index contributed by atoms with van der Waals surface area (Å²) in [5, 5.41) is 10.9. The van der Waals surface area contributed by atoms with Crippen LogP contribution in [-0.4, -0.2) is 35.6 Å². The molecule has 2 aliphatic rings. The Labute approximate surface area is 146 Å². The molecular weight excluding hydrogens is 320 g/mol. The lowest BCUT2D eigenvalue weighted by atomic mass is 9.97. The summed E-state index contributed by atoms with van der Waals surface area (Å²) < 4.78 is 12.3. The van der Waals surface area contributed by atoms with Gasteiger partial charge in [0.2, 0.25) is 12.7 Å². The van der Waals surface area contributed by atoms with Gasteiger partial charge in [0.05, 0.1) is 5.69 Å². The molecule has 3 heterocycles. The monoisotopic (exact) mass is 342 g/mol. The summed E-state index contributed by atoms with van der Waals surface area (Å²) in [5.74, 6) is 1.86. The van der Waals surface area contributed by atoms with Gasteiger partial charge in [-0.3, -0.25) is 9.48 Å². The van der Waals surface area contributed by atoms with Crippen LogP contribution in [0, 0.1) is 0 Å². The molecule has 0 saturated carbocycles. The van der Waals surface area contributed by atoms with Gasteiger partial charge < -0.3 is 20.1 Å². The van der Waals surface area contributed by atoms with Crippen LogP contribution in [0.15, 0.2) is 30.5 Å². The molecule has 1 fully saturated rings. The van der Waals surface area contributed by atoms with Gasteiger partial charge in [0.15, 0.2) is 11.5 Å². The average molecular weight is 342 g/mol. The molecule has 132 valence electrons. The minimum atomic E-state index is -0.0610. The summed E-state index contributed by atoms with van der Waals surface area (Å²) in [6.45, 7) is 2.98. The van der Waals surface area contributed by atoms with Crippen molar-refractivity contribution in [1.82, 2.24) is 20.4 Å². The molecule has 1 aromatic carbocycles. The summed E-state index contributed by atoms with van der Waals surface area (Å²) in [4.78, 5) is 12.2. The van der Waals surface area contributed by atoms with Gasteiger partial charge in [0, 0.05) is 25.2 Å². The number of hydrogen-bond acceptors (Lipinski definition) is 5. The molecule has 0 spiro atoms. The number of nitrogens with one attached hydrogen (secondary N) is 2. The molecule has 7 nitrogen and oxygen atoms in total. The van der Waals surface area contributed by atoms with Crippen molar-refractivity contribution in [2.45, 2.75) is 31.8 Å². The molecule has 1 saturated heterocycles. The van der Waals surface area contributed by atoms with E-state index in [4.69, 9.17) is 9.47 Å². The van der Waals surface area contributed by atoms with E-state index >= 15 is 0 Å². The Morgan fingerprint density at radius 2 is 2.24 bits per heavy atom. The van der Waals surface area contributed by atoms with Crippen LogP contribution in [0.4, 0.5) is 0 Å². The molecule has 0 aliphatic carbocycles. The van der Waals surface area contributed by atoms with Crippen LogP contribution in [-0.2, 0) is 17.9 Å². The fourth-order valence-electron chi connectivity index (χ4n) is 3.24. The van der Waals surface area contributed by atoms with E-state index in [1.165, 1.54) is 6.42 Å². The first-order valence-corrected chi connectivity index (χ1v) is 8.67. The summed E-state index contributed by atoms with van der Waals surface area (Å²) in [5.41, 5.74) is 2.04. The van der Waals surface area contributed by atoms with Gasteiger partial charge in [-0.15, -0.1) is 0 Å². The Balaban J connectivity index is 1.29. The molecule has 2 aliphatic heterocycles. The third kappa shape index (κ3) is 3.76. The van der Waals surface area contributed by atoms with Crippen LogP contribution in [0.2, 0.25) is 0 Å². The molecule has 7 heteroatoms. The third-order valence-electron chi connectivity index (χ3n) is 4.61. The number of benzene rings is 1. The van der Waals surface area contributed by atoms with Crippen molar-refractivity contribution in [2.24, 2.45) is 0 Å². The molecule has 0 radical (unpaired) electrons. The summed E-state index contributed by atoms with van der Waals surface area (Å²) in [7, 11) is 0. The second kappa shape index (κ2) is 7.14. The topological polar surface area (TPSA) is 77.4 Å². The zero-order valence-corrected chi connectivity index (χ0v) is 14.0. The predicted molar refractivity (Wildman–Crippen MR) is 91.5 cm³/mol. The standard InChI is InChI=1S/C18H22N4O3/c23-18(20-9-13-3-4-16-17(8-13)25-12-24-16)11-22-7-5-15(21-22)14-2-1-6-19-10-14/h3-5,7-8,14,19H,1-2,6,9-12H2,(H,20,23). The van der Waals surface area contributed by atoms with Gasteiger partial charge in [-0.25, -0.2) is 0 Å². The molecule has 2 N–H and O–H groups in total. The van der Waals surface area contributed by atoms with Crippen molar-refractivity contribution in [3.63, 3.8) is 0 Å². The highest BCUT2D eigenvalue weighted by molar-refractivity contribution is 5.75. The van der Waals surface area contributed by atoms with Crippen LogP contribution in [0.1, 0.15) is 30.0 Å². The number of fused-ring (bicyclic) bond motifs is 1. The molecule has 1 unspecified atom stereocenters. The van der Waals surface area contributed by atoms with Gasteiger partial charge in [0.25, 0.3) is 0 Å². The maximum atomic E-state index is 12.2. The van der Waals surface area contributed by atoms with Crippen molar-refractivity contribution in [1.29, 1.82) is 0 Å². The number of carbonyl (C=O) groups is 1. The normalized spacial score (nSPS) is 19.0. The Hall–Kier alpha value is -2.54. The van der Waals surface area contributed by atoms with Gasteiger partial charge in [-0.2, -0.15) is 5.10 Å². The lowest BCUT2D eigenvalue weighted by molar-refractivity contribution is -0.122. The molecular formula is C18H22N4O3. The van der Waals surface area contributed by atoms with Crippen LogP contribution in [0.3, 0.4) is 0 Å². The van der Waals surface area contributed by atoms with Crippen molar-refractivity contribution in [3.8, 4) is 11.5 Å². The number of amides is 1. The average Bonchev–Trinajstić information content (AvgIpc) is 3.29. The van der Waals surface area contributed by atoms with E-state index in [9.17, 15) is 4.79 Å². The lowest BCUT2D eigenvalue weighted by Gasteiger charge is -2.20. The van der Waals surface area contributed by atoms with Crippen LogP contribution >= 0.6 is 0 Å². The maximum absolute atomic E-state index is 12.2. The van der Waals surface area contributed by atoms with Crippen molar-refractivity contribution in [3.05, 3.63) is 41.7 Å². The molecule has 1 amide bonds. The fourth-order valence-corrected chi connectivity index (χ4v) is 3.24. The second-order valence-corrected chi connectivity index (χ2v) is 6.45. The third-order valence-corrected chi connectivity index (χ3v) is 4.61. The van der Waals surface area contributed by atoms with Crippen molar-refractivity contribution >= 4 is 5.91 Å². The zero-order valence-electron chi connectivity index (χ0n) is 14.0. The largest absolute Gasteiger partial charge is 0.454 e. The number of nitrogens with zero attached hydrogens (tertiary/aromatic N) is 2. The Bertz CT molecular complexity index is 753. The Morgan fingerprint density at radius 1 is 1.32 bits per heavy atom. The van der Waals surface area contributed by atoms with E-state index < -0.39 is 0 Å². The molecule has 25 heavy (non-hydrogen) atoms. The van der Waals surface area contributed by atoms with E-state index in [-0.39, 0.29) is 19.2 Å². The van der Waals surface area contributed by atoms with Crippen molar-refractivity contribution in [2.75, 3.05) is 19.9 Å². The first-order valence-electron chi connectivity index (χ1n) is 8.67. The van der Waals surface area contributed by atoms with E-state index in [1.54, 1.807) is 4.68 Å². The minimum absolute atomic E-state index is 0.0610. The van der Waals surface area contributed by atoms with Gasteiger partial charge in [0.1, 0.15) is 6.54 Å². The number of ether oxygens (including phenoxy) is 2. The smallest absolute Gasteiger partial charge is 0.241 e. The van der Waals surface area contributed by atoms with E-state index in [0.717, 1.165) is 42.3 Å². The highest BCUT2D eigenvalue weighted by Gasteiger charge is 2.18. The van der Waals surface area contributed by atoms with Gasteiger partial charge in [-0.05, 0) is 43.1 Å². The highest BCUT2D eigenvalue weighted by atomic mass is 16.7. The first kappa shape index (κ1) is 16.0. The number of hydrogen-bond donors (Lipinski definition) is 2. The predicted octanol–water partition coefficient (Wildman–Crippen LogP) is 1.40. The first-order chi connectivity index (χ1) is 12.3. The van der Waals surface area contributed by atoms with E-state index in [0.29, 0.717) is 12.5 Å².